The van der Waals surface area contributed by atoms with E-state index >= 15 is 0 Å². The van der Waals surface area contributed by atoms with Gasteiger partial charge in [0.05, 0.1) is 5.69 Å². The van der Waals surface area contributed by atoms with Crippen molar-refractivity contribution in [1.29, 1.82) is 0 Å². The van der Waals surface area contributed by atoms with Gasteiger partial charge in [-0.15, -0.1) is 11.3 Å². The number of thiazole rings is 1. The lowest BCUT2D eigenvalue weighted by atomic mass is 10.0. The monoisotopic (exact) mass is 336 g/mol. The van der Waals surface area contributed by atoms with E-state index < -0.39 is 17.9 Å². The minimum atomic E-state index is -1.08. The highest BCUT2D eigenvalue weighted by atomic mass is 32.1. The molecular formula is C16H17FN2O3S. The quantitative estimate of drug-likeness (QED) is 0.879. The van der Waals surface area contributed by atoms with Crippen molar-refractivity contribution in [2.45, 2.75) is 26.8 Å². The fraction of sp³-hybridized carbons (Fsp3) is 0.312. The molecule has 1 aromatic carbocycles. The summed E-state index contributed by atoms with van der Waals surface area (Å²) in [6.07, 6.45) is 0. The number of benzene rings is 1. The van der Waals surface area contributed by atoms with Gasteiger partial charge in [0.15, 0.2) is 0 Å². The van der Waals surface area contributed by atoms with Crippen LogP contribution in [0.1, 0.15) is 29.2 Å². The molecule has 0 radical (unpaired) electrons. The Balaban J connectivity index is 2.27. The van der Waals surface area contributed by atoms with E-state index in [2.05, 4.69) is 10.3 Å². The Bertz CT molecular complexity index is 743. The second-order valence-electron chi connectivity index (χ2n) is 5.48. The Hall–Kier alpha value is -2.28. The van der Waals surface area contributed by atoms with Crippen molar-refractivity contribution in [3.63, 3.8) is 0 Å². The minimum absolute atomic E-state index is 0.243. The van der Waals surface area contributed by atoms with Gasteiger partial charge in [0.2, 0.25) is 0 Å². The van der Waals surface area contributed by atoms with Crippen LogP contribution < -0.4 is 5.32 Å². The minimum Gasteiger partial charge on any atom is -0.480 e. The molecule has 2 N–H and O–H groups in total. The molecule has 0 aliphatic heterocycles. The van der Waals surface area contributed by atoms with Crippen molar-refractivity contribution in [3.05, 3.63) is 40.7 Å². The standard InChI is InChI=1S/C16H17FN2O3S/c1-8(2)12(16(21)22)19-14(20)13-9(3)18-15(23-13)10-5-4-6-11(17)7-10/h4-8,12H,1-3H3,(H,19,20)(H,21,22). The molecule has 1 unspecified atom stereocenters. The van der Waals surface area contributed by atoms with Crippen LogP contribution in [0.5, 0.6) is 0 Å². The van der Waals surface area contributed by atoms with Crippen LogP contribution in [-0.2, 0) is 4.79 Å². The van der Waals surface area contributed by atoms with Crippen molar-refractivity contribution in [2.75, 3.05) is 0 Å². The Kier molecular flexibility index (Phi) is 5.10. The molecule has 1 aromatic heterocycles. The third kappa shape index (κ3) is 3.92. The first kappa shape index (κ1) is 17.1. The summed E-state index contributed by atoms with van der Waals surface area (Å²) in [5.41, 5.74) is 1.07. The van der Waals surface area contributed by atoms with Gasteiger partial charge in [-0.1, -0.05) is 26.0 Å². The molecule has 2 aromatic rings. The molecule has 0 spiro atoms. The number of amides is 1. The molecule has 0 fully saturated rings. The van der Waals surface area contributed by atoms with Crippen LogP contribution in [0.3, 0.4) is 0 Å². The summed E-state index contributed by atoms with van der Waals surface area (Å²) >= 11 is 1.11. The maximum absolute atomic E-state index is 13.3. The number of hydrogen-bond acceptors (Lipinski definition) is 4. The molecule has 122 valence electrons. The smallest absolute Gasteiger partial charge is 0.326 e. The fourth-order valence-electron chi connectivity index (χ4n) is 2.07. The van der Waals surface area contributed by atoms with Crippen molar-refractivity contribution in [1.82, 2.24) is 10.3 Å². The molecule has 0 saturated heterocycles. The molecule has 23 heavy (non-hydrogen) atoms. The summed E-state index contributed by atoms with van der Waals surface area (Å²) in [5.74, 6) is -2.19. The molecule has 1 atom stereocenters. The summed E-state index contributed by atoms with van der Waals surface area (Å²) in [7, 11) is 0. The molecule has 1 heterocycles. The normalized spacial score (nSPS) is 12.2. The zero-order chi connectivity index (χ0) is 17.1. The number of nitrogens with one attached hydrogen (secondary N) is 1. The summed E-state index contributed by atoms with van der Waals surface area (Å²) in [4.78, 5) is 28.1. The van der Waals surface area contributed by atoms with Crippen molar-refractivity contribution in [2.24, 2.45) is 5.92 Å². The highest BCUT2D eigenvalue weighted by molar-refractivity contribution is 7.17. The maximum Gasteiger partial charge on any atom is 0.326 e. The van der Waals surface area contributed by atoms with Gasteiger partial charge < -0.3 is 10.4 Å². The number of carboxylic acid groups (broad SMARTS) is 1. The predicted octanol–water partition coefficient (Wildman–Crippen LogP) is 3.10. The van der Waals surface area contributed by atoms with Gasteiger partial charge in [-0.3, -0.25) is 4.79 Å². The maximum atomic E-state index is 13.3. The molecule has 5 nitrogen and oxygen atoms in total. The lowest BCUT2D eigenvalue weighted by molar-refractivity contribution is -0.140. The van der Waals surface area contributed by atoms with Crippen molar-refractivity contribution in [3.8, 4) is 10.6 Å². The van der Waals surface area contributed by atoms with Crippen molar-refractivity contribution < 1.29 is 19.1 Å². The largest absolute Gasteiger partial charge is 0.480 e. The number of carbonyl (C=O) groups is 2. The SMILES string of the molecule is Cc1nc(-c2cccc(F)c2)sc1C(=O)NC(C(=O)O)C(C)C. The number of hydrogen-bond donors (Lipinski definition) is 2. The van der Waals surface area contributed by atoms with Crippen LogP contribution in [0.25, 0.3) is 10.6 Å². The molecule has 0 saturated carbocycles. The van der Waals surface area contributed by atoms with Crippen LogP contribution >= 0.6 is 11.3 Å². The van der Waals surface area contributed by atoms with Crippen LogP contribution in [0.4, 0.5) is 4.39 Å². The third-order valence-electron chi connectivity index (χ3n) is 3.29. The topological polar surface area (TPSA) is 79.3 Å². The van der Waals surface area contributed by atoms with Gasteiger partial charge in [-0.25, -0.2) is 14.2 Å². The number of carbonyl (C=O) groups excluding carboxylic acids is 1. The number of aryl methyl sites for hydroxylation is 1. The summed E-state index contributed by atoms with van der Waals surface area (Å²) in [5, 5.41) is 12.2. The number of rotatable bonds is 5. The highest BCUT2D eigenvalue weighted by Gasteiger charge is 2.26. The summed E-state index contributed by atoms with van der Waals surface area (Å²) < 4.78 is 13.3. The average molecular weight is 336 g/mol. The number of aliphatic carboxylic acids is 1. The van der Waals surface area contributed by atoms with Gasteiger partial charge in [0.25, 0.3) is 5.91 Å². The molecule has 2 rings (SSSR count). The van der Waals surface area contributed by atoms with Gasteiger partial charge in [0.1, 0.15) is 21.7 Å². The Morgan fingerprint density at radius 3 is 2.61 bits per heavy atom. The van der Waals surface area contributed by atoms with E-state index in [0.717, 1.165) is 11.3 Å². The van der Waals surface area contributed by atoms with Gasteiger partial charge >= 0.3 is 5.97 Å². The lowest BCUT2D eigenvalue weighted by Gasteiger charge is -2.17. The van der Waals surface area contributed by atoms with Crippen molar-refractivity contribution >= 4 is 23.2 Å². The second kappa shape index (κ2) is 6.87. The molecule has 7 heteroatoms. The predicted molar refractivity (Wildman–Crippen MR) is 86.0 cm³/mol. The molecule has 1 amide bonds. The summed E-state index contributed by atoms with van der Waals surface area (Å²) in [6, 6.07) is 4.98. The second-order valence-corrected chi connectivity index (χ2v) is 6.48. The average Bonchev–Trinajstić information content (AvgIpc) is 2.86. The Morgan fingerprint density at radius 2 is 2.04 bits per heavy atom. The van der Waals surface area contributed by atoms with E-state index in [4.69, 9.17) is 5.11 Å². The molecule has 0 bridgehead atoms. The van der Waals surface area contributed by atoms with Crippen LogP contribution in [0.2, 0.25) is 0 Å². The van der Waals surface area contributed by atoms with E-state index in [1.165, 1.54) is 12.1 Å². The Morgan fingerprint density at radius 1 is 1.35 bits per heavy atom. The number of halogens is 1. The summed E-state index contributed by atoms with van der Waals surface area (Å²) in [6.45, 7) is 5.10. The van der Waals surface area contributed by atoms with E-state index in [1.807, 2.05) is 0 Å². The van der Waals surface area contributed by atoms with Gasteiger partial charge in [-0.05, 0) is 25.0 Å². The van der Waals surface area contributed by atoms with Crippen LogP contribution in [-0.4, -0.2) is 28.0 Å². The Labute approximate surface area is 137 Å². The lowest BCUT2D eigenvalue weighted by Crippen LogP contribution is -2.44. The molecule has 0 aliphatic carbocycles. The van der Waals surface area contributed by atoms with Crippen LogP contribution in [0.15, 0.2) is 24.3 Å². The first-order valence-corrected chi connectivity index (χ1v) is 7.88. The number of nitrogens with zero attached hydrogens (tertiary/aromatic N) is 1. The number of aromatic nitrogens is 1. The third-order valence-corrected chi connectivity index (χ3v) is 4.50. The van der Waals surface area contributed by atoms with Crippen LogP contribution in [0, 0.1) is 18.7 Å². The number of carboxylic acids is 1. The van der Waals surface area contributed by atoms with E-state index in [0.29, 0.717) is 21.1 Å². The zero-order valence-electron chi connectivity index (χ0n) is 13.0. The zero-order valence-corrected chi connectivity index (χ0v) is 13.8. The molecule has 0 aliphatic rings. The first-order valence-electron chi connectivity index (χ1n) is 7.06. The first-order chi connectivity index (χ1) is 10.8. The molecular weight excluding hydrogens is 319 g/mol. The highest BCUT2D eigenvalue weighted by Crippen LogP contribution is 2.28. The fourth-order valence-corrected chi connectivity index (χ4v) is 3.04. The van der Waals surface area contributed by atoms with Gasteiger partial charge in [-0.2, -0.15) is 0 Å². The van der Waals surface area contributed by atoms with E-state index in [-0.39, 0.29) is 11.7 Å². The van der Waals surface area contributed by atoms with E-state index in [9.17, 15) is 14.0 Å². The van der Waals surface area contributed by atoms with Gasteiger partial charge in [0, 0.05) is 5.56 Å². The van der Waals surface area contributed by atoms with E-state index in [1.54, 1.807) is 32.9 Å².